The number of hydrogen-bond acceptors (Lipinski definition) is 2. The van der Waals surface area contributed by atoms with Crippen molar-refractivity contribution in [1.82, 2.24) is 9.78 Å². The number of nitrogens with zero attached hydrogens (tertiary/aromatic N) is 3. The van der Waals surface area contributed by atoms with E-state index in [-0.39, 0.29) is 6.71 Å². The van der Waals surface area contributed by atoms with Crippen molar-refractivity contribution in [3.63, 3.8) is 0 Å². The first-order valence-corrected chi connectivity index (χ1v) is 6.28. The van der Waals surface area contributed by atoms with Crippen LogP contribution >= 0.6 is 0 Å². The zero-order valence-corrected chi connectivity index (χ0v) is 10.4. The summed E-state index contributed by atoms with van der Waals surface area (Å²) in [7, 11) is 1.97. The summed E-state index contributed by atoms with van der Waals surface area (Å²) < 4.78 is 1.90. The third-order valence-corrected chi connectivity index (χ3v) is 3.71. The van der Waals surface area contributed by atoms with E-state index in [0.717, 1.165) is 24.6 Å². The van der Waals surface area contributed by atoms with Gasteiger partial charge in [0, 0.05) is 18.4 Å². The summed E-state index contributed by atoms with van der Waals surface area (Å²) in [6.07, 6.45) is 6.97. The van der Waals surface area contributed by atoms with Crippen LogP contribution in [0.25, 0.3) is 16.5 Å². The normalized spacial score (nSPS) is 15.6. The van der Waals surface area contributed by atoms with Gasteiger partial charge in [-0.2, -0.15) is 5.10 Å². The molecule has 0 saturated carbocycles. The Morgan fingerprint density at radius 3 is 3.06 bits per heavy atom. The summed E-state index contributed by atoms with van der Waals surface area (Å²) in [6.45, 7) is 0.203. The zero-order chi connectivity index (χ0) is 12.5. The van der Waals surface area contributed by atoms with E-state index in [2.05, 4.69) is 35.3 Å². The Hall–Kier alpha value is -2.02. The van der Waals surface area contributed by atoms with E-state index in [9.17, 15) is 0 Å². The largest absolute Gasteiger partial charge is 0.271 e. The number of rotatable bonds is 1. The lowest BCUT2D eigenvalue weighted by Crippen LogP contribution is -2.12. The van der Waals surface area contributed by atoms with E-state index in [0.29, 0.717) is 0 Å². The minimum Gasteiger partial charge on any atom is -0.268 e. The van der Waals surface area contributed by atoms with Crippen LogP contribution in [0.2, 0.25) is 12.6 Å². The molecule has 1 aromatic heterocycles. The molecule has 0 spiro atoms. The number of fused-ring (bicyclic) bond motifs is 1. The molecule has 2 aromatic rings. The highest BCUT2D eigenvalue weighted by Gasteiger charge is 2.18. The molecule has 1 aromatic carbocycles. The van der Waals surface area contributed by atoms with Crippen LogP contribution in [-0.4, -0.2) is 16.5 Å². The Morgan fingerprint density at radius 1 is 1.44 bits per heavy atom. The molecule has 3 nitrogen and oxygen atoms in total. The fraction of sp³-hybridized carbons (Fsp3) is 0.286. The Labute approximate surface area is 107 Å². The summed E-state index contributed by atoms with van der Waals surface area (Å²) in [6, 6.07) is 6.47. The van der Waals surface area contributed by atoms with E-state index in [1.807, 2.05) is 17.9 Å². The second-order valence-electron chi connectivity index (χ2n) is 4.87. The van der Waals surface area contributed by atoms with Crippen LogP contribution < -0.4 is 0 Å². The third-order valence-electron chi connectivity index (χ3n) is 3.71. The van der Waals surface area contributed by atoms with Crippen molar-refractivity contribution in [2.75, 3.05) is 0 Å². The number of aryl methyl sites for hydroxylation is 1. The lowest BCUT2D eigenvalue weighted by molar-refractivity contribution is 0.797. The highest BCUT2D eigenvalue weighted by Crippen LogP contribution is 2.29. The average Bonchev–Trinajstić information content (AvgIpc) is 2.80. The standard InChI is InChI=1S/C14H14BN3/c1-18-14-8-12(2-3-13(14)9-17-18)11-4-6-15(10-16)7-5-11/h2-4,8-9H,5-7H2,1H3. The van der Waals surface area contributed by atoms with Gasteiger partial charge in [-0.15, -0.1) is 0 Å². The molecule has 3 rings (SSSR count). The van der Waals surface area contributed by atoms with Crippen LogP contribution in [0.3, 0.4) is 0 Å². The Balaban J connectivity index is 1.98. The number of nitriles is 1. The molecule has 0 fully saturated rings. The molecule has 88 valence electrons. The van der Waals surface area contributed by atoms with Crippen LogP contribution in [-0.2, 0) is 7.05 Å². The van der Waals surface area contributed by atoms with Gasteiger partial charge in [-0.3, -0.25) is 4.68 Å². The molecule has 0 aliphatic carbocycles. The minimum atomic E-state index is 0.203. The summed E-state index contributed by atoms with van der Waals surface area (Å²) in [5.74, 6) is 2.35. The molecule has 0 N–H and O–H groups in total. The van der Waals surface area contributed by atoms with Gasteiger partial charge < -0.3 is 0 Å². The van der Waals surface area contributed by atoms with Crippen molar-refractivity contribution in [3.05, 3.63) is 36.0 Å². The second kappa shape index (κ2) is 4.34. The number of hydrogen-bond donors (Lipinski definition) is 0. The number of aromatic nitrogens is 2. The van der Waals surface area contributed by atoms with Gasteiger partial charge in [-0.25, -0.2) is 5.26 Å². The quantitative estimate of drug-likeness (QED) is 0.713. The summed E-state index contributed by atoms with van der Waals surface area (Å²) in [5, 5.41) is 14.3. The van der Waals surface area contributed by atoms with Crippen molar-refractivity contribution in [2.45, 2.75) is 19.1 Å². The van der Waals surface area contributed by atoms with Crippen molar-refractivity contribution >= 4 is 23.2 Å². The highest BCUT2D eigenvalue weighted by atomic mass is 15.2. The lowest BCUT2D eigenvalue weighted by Gasteiger charge is -2.15. The molecule has 1 aliphatic rings. The molecular weight excluding hydrogens is 221 g/mol. The summed E-state index contributed by atoms with van der Waals surface area (Å²) >= 11 is 0. The molecule has 0 saturated heterocycles. The monoisotopic (exact) mass is 235 g/mol. The maximum atomic E-state index is 8.91. The Kier molecular flexibility index (Phi) is 2.68. The molecule has 2 heterocycles. The Bertz CT molecular complexity index is 663. The zero-order valence-electron chi connectivity index (χ0n) is 10.4. The van der Waals surface area contributed by atoms with Crippen LogP contribution in [0.4, 0.5) is 0 Å². The van der Waals surface area contributed by atoms with Gasteiger partial charge in [0.25, 0.3) is 6.71 Å². The fourth-order valence-corrected chi connectivity index (χ4v) is 2.56. The fourth-order valence-electron chi connectivity index (χ4n) is 2.56. The predicted octanol–water partition coefficient (Wildman–Crippen LogP) is 2.92. The van der Waals surface area contributed by atoms with Crippen molar-refractivity contribution in [2.24, 2.45) is 7.05 Å². The average molecular weight is 235 g/mol. The predicted molar refractivity (Wildman–Crippen MR) is 74.3 cm³/mol. The molecular formula is C14H14BN3. The number of benzene rings is 1. The summed E-state index contributed by atoms with van der Waals surface area (Å²) in [4.78, 5) is 0. The van der Waals surface area contributed by atoms with Crippen LogP contribution in [0.5, 0.6) is 0 Å². The van der Waals surface area contributed by atoms with Crippen LogP contribution in [0.15, 0.2) is 30.5 Å². The molecule has 0 unspecified atom stereocenters. The van der Waals surface area contributed by atoms with Gasteiger partial charge in [0.1, 0.15) is 0 Å². The van der Waals surface area contributed by atoms with Crippen molar-refractivity contribution in [1.29, 1.82) is 5.26 Å². The minimum absolute atomic E-state index is 0.203. The van der Waals surface area contributed by atoms with E-state index >= 15 is 0 Å². The molecule has 0 radical (unpaired) electrons. The number of allylic oxidation sites excluding steroid dienone is 2. The first kappa shape index (κ1) is 11.1. The van der Waals surface area contributed by atoms with Gasteiger partial charge in [0.15, 0.2) is 0 Å². The van der Waals surface area contributed by atoms with E-state index < -0.39 is 0 Å². The molecule has 0 amide bonds. The molecule has 0 bridgehead atoms. The van der Waals surface area contributed by atoms with Gasteiger partial charge in [-0.05, 0) is 29.9 Å². The lowest BCUT2D eigenvalue weighted by atomic mass is 9.43. The van der Waals surface area contributed by atoms with Gasteiger partial charge in [0.05, 0.1) is 11.7 Å². The molecule has 0 atom stereocenters. The maximum absolute atomic E-state index is 8.91. The summed E-state index contributed by atoms with van der Waals surface area (Å²) in [5.41, 5.74) is 3.79. The van der Waals surface area contributed by atoms with E-state index in [1.165, 1.54) is 16.5 Å². The van der Waals surface area contributed by atoms with E-state index in [1.54, 1.807) is 0 Å². The van der Waals surface area contributed by atoms with Crippen LogP contribution in [0.1, 0.15) is 12.0 Å². The van der Waals surface area contributed by atoms with Crippen molar-refractivity contribution < 1.29 is 0 Å². The molecule has 1 aliphatic heterocycles. The first-order chi connectivity index (χ1) is 8.78. The molecule has 4 heteroatoms. The third kappa shape index (κ3) is 1.82. The Morgan fingerprint density at radius 2 is 2.33 bits per heavy atom. The second-order valence-corrected chi connectivity index (χ2v) is 4.87. The van der Waals surface area contributed by atoms with Gasteiger partial charge in [0.2, 0.25) is 0 Å². The maximum Gasteiger partial charge on any atom is 0.271 e. The smallest absolute Gasteiger partial charge is 0.268 e. The van der Waals surface area contributed by atoms with Gasteiger partial charge >= 0.3 is 0 Å². The van der Waals surface area contributed by atoms with Crippen molar-refractivity contribution in [3.8, 4) is 5.97 Å². The SMILES string of the molecule is Cn1ncc2ccc(C3=CCB(C#N)CC3)cc21. The first-order valence-electron chi connectivity index (χ1n) is 6.28. The van der Waals surface area contributed by atoms with Crippen LogP contribution in [0, 0.1) is 11.2 Å². The topological polar surface area (TPSA) is 41.6 Å². The van der Waals surface area contributed by atoms with Gasteiger partial charge in [-0.1, -0.05) is 24.5 Å². The molecule has 18 heavy (non-hydrogen) atoms. The highest BCUT2D eigenvalue weighted by molar-refractivity contribution is 6.67. The van der Waals surface area contributed by atoms with E-state index in [4.69, 9.17) is 5.26 Å².